The highest BCUT2D eigenvalue weighted by Crippen LogP contribution is 2.39. The number of hydrogen-bond donors (Lipinski definition) is 0. The van der Waals surface area contributed by atoms with Gasteiger partial charge in [0.2, 0.25) is 0 Å². The van der Waals surface area contributed by atoms with Crippen molar-refractivity contribution < 1.29 is 35.9 Å². The summed E-state index contributed by atoms with van der Waals surface area (Å²) in [5.74, 6) is -1.01. The Labute approximate surface area is 190 Å². The number of hydrogen-bond acceptors (Lipinski definition) is 3. The topological polar surface area (TPSA) is 42.4 Å². The Morgan fingerprint density at radius 1 is 0.941 bits per heavy atom. The van der Waals surface area contributed by atoms with Gasteiger partial charge in [0, 0.05) is 17.3 Å². The van der Waals surface area contributed by atoms with Gasteiger partial charge in [0.15, 0.2) is 0 Å². The van der Waals surface area contributed by atoms with Gasteiger partial charge in [-0.2, -0.15) is 26.3 Å². The summed E-state index contributed by atoms with van der Waals surface area (Å²) in [5.41, 5.74) is -1.39. The minimum atomic E-state index is -5.07. The monoisotopic (exact) mass is 480 g/mol. The lowest BCUT2D eigenvalue weighted by Gasteiger charge is -2.38. The number of amides is 1. The van der Waals surface area contributed by atoms with E-state index in [-0.39, 0.29) is 25.0 Å². The second kappa shape index (κ2) is 8.75. The minimum absolute atomic E-state index is 0.00356. The molecule has 0 bridgehead atoms. The highest BCUT2D eigenvalue weighted by molar-refractivity contribution is 6.09. The third-order valence-electron chi connectivity index (χ3n) is 5.53. The van der Waals surface area contributed by atoms with Gasteiger partial charge in [-0.25, -0.2) is 0 Å². The molecule has 0 atom stereocenters. The van der Waals surface area contributed by atoms with Crippen LogP contribution in [0.1, 0.15) is 27.0 Å². The minimum Gasteiger partial charge on any atom is -0.377 e. The zero-order valence-corrected chi connectivity index (χ0v) is 17.7. The average Bonchev–Trinajstić information content (AvgIpc) is 2.74. The lowest BCUT2D eigenvalue weighted by Crippen LogP contribution is -2.52. The van der Waals surface area contributed by atoms with Crippen molar-refractivity contribution in [3.05, 3.63) is 83.2 Å². The maximum atomic E-state index is 13.5. The van der Waals surface area contributed by atoms with E-state index in [0.29, 0.717) is 17.7 Å². The molecule has 2 heterocycles. The van der Waals surface area contributed by atoms with E-state index in [2.05, 4.69) is 4.98 Å². The van der Waals surface area contributed by atoms with Gasteiger partial charge in [-0.3, -0.25) is 14.7 Å². The third kappa shape index (κ3) is 4.63. The number of carbonyl (C=O) groups is 1. The van der Waals surface area contributed by atoms with Gasteiger partial charge in [0.05, 0.1) is 42.3 Å². The van der Waals surface area contributed by atoms with Crippen LogP contribution in [0.3, 0.4) is 0 Å². The first kappa shape index (κ1) is 23.7. The van der Waals surface area contributed by atoms with Gasteiger partial charge in [-0.1, -0.05) is 24.3 Å². The Morgan fingerprint density at radius 2 is 1.56 bits per heavy atom. The van der Waals surface area contributed by atoms with Crippen LogP contribution in [0.25, 0.3) is 11.1 Å². The highest BCUT2D eigenvalue weighted by Gasteiger charge is 2.39. The maximum Gasteiger partial charge on any atom is 0.416 e. The first-order chi connectivity index (χ1) is 16.0. The van der Waals surface area contributed by atoms with Crippen LogP contribution in [0, 0.1) is 6.92 Å². The van der Waals surface area contributed by atoms with Gasteiger partial charge in [0.1, 0.15) is 0 Å². The summed E-state index contributed by atoms with van der Waals surface area (Å²) in [5, 5.41) is 0. The van der Waals surface area contributed by atoms with Gasteiger partial charge < -0.3 is 4.74 Å². The normalized spacial score (nSPS) is 14.6. The molecular weight excluding hydrogens is 462 g/mol. The summed E-state index contributed by atoms with van der Waals surface area (Å²) < 4.78 is 85.4. The largest absolute Gasteiger partial charge is 0.416 e. The Bertz CT molecular complexity index is 1190. The SMILES string of the molecule is Cc1ccccc1-c1ccncc1N(C(=O)c1cc(C(F)(F)F)cc(C(F)(F)F)c1)C1COC1. The number of aryl methyl sites for hydroxylation is 1. The number of anilines is 1. The quantitative estimate of drug-likeness (QED) is 0.422. The van der Waals surface area contributed by atoms with E-state index < -0.39 is 41.0 Å². The van der Waals surface area contributed by atoms with E-state index >= 15 is 0 Å². The number of benzene rings is 2. The molecule has 0 spiro atoms. The van der Waals surface area contributed by atoms with Crippen LogP contribution in [0.15, 0.2) is 60.9 Å². The van der Waals surface area contributed by atoms with Crippen LogP contribution in [0.2, 0.25) is 0 Å². The Kier molecular flexibility index (Phi) is 6.11. The van der Waals surface area contributed by atoms with Crippen molar-refractivity contribution in [2.45, 2.75) is 25.3 Å². The fraction of sp³-hybridized carbons (Fsp3) is 0.250. The Balaban J connectivity index is 1.87. The maximum absolute atomic E-state index is 13.5. The average molecular weight is 480 g/mol. The first-order valence-electron chi connectivity index (χ1n) is 10.2. The number of ether oxygens (including phenoxy) is 1. The molecule has 0 aliphatic carbocycles. The number of rotatable bonds is 4. The van der Waals surface area contributed by atoms with Gasteiger partial charge in [-0.15, -0.1) is 0 Å². The van der Waals surface area contributed by atoms with Crippen molar-refractivity contribution in [3.8, 4) is 11.1 Å². The van der Waals surface area contributed by atoms with Crippen molar-refractivity contribution >= 4 is 11.6 Å². The van der Waals surface area contributed by atoms with Gasteiger partial charge in [0.25, 0.3) is 5.91 Å². The van der Waals surface area contributed by atoms with Gasteiger partial charge in [-0.05, 0) is 42.3 Å². The summed E-state index contributed by atoms with van der Waals surface area (Å²) in [7, 11) is 0. The van der Waals surface area contributed by atoms with Crippen LogP contribution >= 0.6 is 0 Å². The third-order valence-corrected chi connectivity index (χ3v) is 5.53. The fourth-order valence-electron chi connectivity index (χ4n) is 3.74. The molecule has 34 heavy (non-hydrogen) atoms. The standard InChI is InChI=1S/C24H18F6N2O2/c1-14-4-2-3-5-19(14)20-6-7-31-11-21(20)32(18-12-34-13-18)22(33)15-8-16(23(25,26)27)10-17(9-15)24(28,29)30/h2-11,18H,12-13H2,1H3. The number of nitrogens with zero attached hydrogens (tertiary/aromatic N) is 2. The predicted molar refractivity (Wildman–Crippen MR) is 112 cm³/mol. The molecule has 1 fully saturated rings. The van der Waals surface area contributed by atoms with E-state index in [1.54, 1.807) is 18.2 Å². The molecule has 1 aliphatic heterocycles. The molecule has 178 valence electrons. The number of halogens is 6. The molecular formula is C24H18F6N2O2. The molecule has 2 aromatic carbocycles. The van der Waals surface area contributed by atoms with E-state index in [1.807, 2.05) is 19.1 Å². The second-order valence-electron chi connectivity index (χ2n) is 7.87. The summed E-state index contributed by atoms with van der Waals surface area (Å²) in [6.45, 7) is 2.01. The second-order valence-corrected chi connectivity index (χ2v) is 7.87. The summed E-state index contributed by atoms with van der Waals surface area (Å²) >= 11 is 0. The smallest absolute Gasteiger partial charge is 0.377 e. The van der Waals surface area contributed by atoms with Crippen LogP contribution in [0.4, 0.5) is 32.0 Å². The molecule has 1 saturated heterocycles. The molecule has 0 unspecified atom stereocenters. The van der Waals surface area contributed by atoms with E-state index in [9.17, 15) is 31.1 Å². The van der Waals surface area contributed by atoms with Gasteiger partial charge >= 0.3 is 12.4 Å². The van der Waals surface area contributed by atoms with E-state index in [4.69, 9.17) is 4.74 Å². The van der Waals surface area contributed by atoms with Crippen molar-refractivity contribution in [2.75, 3.05) is 18.1 Å². The first-order valence-corrected chi connectivity index (χ1v) is 10.2. The van der Waals surface area contributed by atoms with E-state index in [0.717, 1.165) is 11.1 Å². The number of pyridine rings is 1. The molecule has 1 aliphatic rings. The molecule has 3 aromatic rings. The van der Waals surface area contributed by atoms with E-state index in [1.165, 1.54) is 17.3 Å². The van der Waals surface area contributed by atoms with Crippen LogP contribution in [-0.2, 0) is 17.1 Å². The lowest BCUT2D eigenvalue weighted by atomic mass is 9.97. The van der Waals surface area contributed by atoms with Crippen molar-refractivity contribution in [2.24, 2.45) is 0 Å². The fourth-order valence-corrected chi connectivity index (χ4v) is 3.74. The highest BCUT2D eigenvalue weighted by atomic mass is 19.4. The van der Waals surface area contributed by atoms with Crippen molar-refractivity contribution in [1.82, 2.24) is 4.98 Å². The number of alkyl halides is 6. The van der Waals surface area contributed by atoms with Crippen LogP contribution in [-0.4, -0.2) is 30.1 Å². The zero-order valence-electron chi connectivity index (χ0n) is 17.7. The summed E-state index contributed by atoms with van der Waals surface area (Å²) in [6, 6.07) is 9.20. The summed E-state index contributed by atoms with van der Waals surface area (Å²) in [6.07, 6.45) is -7.27. The lowest BCUT2D eigenvalue weighted by molar-refractivity contribution is -0.143. The Hall–Kier alpha value is -3.40. The predicted octanol–water partition coefficient (Wildman–Crippen LogP) is 6.14. The van der Waals surface area contributed by atoms with Crippen LogP contribution < -0.4 is 4.90 Å². The molecule has 0 N–H and O–H groups in total. The Morgan fingerprint density at radius 3 is 2.09 bits per heavy atom. The number of carbonyl (C=O) groups excluding carboxylic acids is 1. The molecule has 4 nitrogen and oxygen atoms in total. The summed E-state index contributed by atoms with van der Waals surface area (Å²) in [4.78, 5) is 18.7. The molecule has 0 radical (unpaired) electrons. The molecule has 0 saturated carbocycles. The van der Waals surface area contributed by atoms with Crippen molar-refractivity contribution in [3.63, 3.8) is 0 Å². The van der Waals surface area contributed by atoms with Crippen molar-refractivity contribution in [1.29, 1.82) is 0 Å². The molecule has 1 amide bonds. The van der Waals surface area contributed by atoms with Crippen LogP contribution in [0.5, 0.6) is 0 Å². The molecule has 10 heteroatoms. The molecule has 4 rings (SSSR count). The zero-order chi connectivity index (χ0) is 24.7. The molecule has 1 aromatic heterocycles. The number of aromatic nitrogens is 1.